The molecule has 0 aliphatic carbocycles. The van der Waals surface area contributed by atoms with Crippen LogP contribution in [0.25, 0.3) is 0 Å². The van der Waals surface area contributed by atoms with Gasteiger partial charge in [0.2, 0.25) is 0 Å². The molecule has 80 valence electrons. The lowest BCUT2D eigenvalue weighted by Gasteiger charge is -2.23. The summed E-state index contributed by atoms with van der Waals surface area (Å²) in [5.74, 6) is -0.934. The first kappa shape index (κ1) is 10.8. The molecule has 1 rings (SSSR count). The van der Waals surface area contributed by atoms with Gasteiger partial charge in [-0.3, -0.25) is 5.43 Å². The molecule has 2 amide bonds. The van der Waals surface area contributed by atoms with Gasteiger partial charge in [-0.25, -0.2) is 14.6 Å². The van der Waals surface area contributed by atoms with Crippen molar-refractivity contribution in [1.29, 1.82) is 0 Å². The number of amides is 2. The van der Waals surface area contributed by atoms with E-state index in [9.17, 15) is 9.59 Å². The molecule has 6 heteroatoms. The Kier molecular flexibility index (Phi) is 3.29. The van der Waals surface area contributed by atoms with Crippen LogP contribution in [0, 0.1) is 0 Å². The molecule has 0 saturated carbocycles. The number of hydrogen-bond acceptors (Lipinski definition) is 3. The normalized spacial score (nSPS) is 21.4. The van der Waals surface area contributed by atoms with Gasteiger partial charge in [-0.1, -0.05) is 0 Å². The summed E-state index contributed by atoms with van der Waals surface area (Å²) in [6.07, 6.45) is 1.29. The van der Waals surface area contributed by atoms with Crippen molar-refractivity contribution < 1.29 is 14.7 Å². The van der Waals surface area contributed by atoms with Crippen LogP contribution in [0.4, 0.5) is 4.79 Å². The molecule has 1 aliphatic rings. The molecule has 2 N–H and O–H groups in total. The number of nitrogens with zero attached hydrogens (tertiary/aromatic N) is 2. The number of carboxylic acid groups (broad SMARTS) is 1. The molecule has 1 atom stereocenters. The lowest BCUT2D eigenvalue weighted by atomic mass is 10.2. The SMILES string of the molecule is CN(C)NC(=O)N1CCC[C@@H]1C(=O)O. The highest BCUT2D eigenvalue weighted by atomic mass is 16.4. The molecule has 0 aromatic carbocycles. The van der Waals surface area contributed by atoms with Crippen molar-refractivity contribution in [3.63, 3.8) is 0 Å². The topological polar surface area (TPSA) is 72.9 Å². The minimum atomic E-state index is -0.934. The number of hydrazine groups is 1. The van der Waals surface area contributed by atoms with Gasteiger partial charge in [0.15, 0.2) is 0 Å². The Bertz CT molecular complexity index is 242. The fourth-order valence-electron chi connectivity index (χ4n) is 1.52. The molecule has 0 aromatic heterocycles. The minimum Gasteiger partial charge on any atom is -0.480 e. The average molecular weight is 201 g/mol. The molecule has 6 nitrogen and oxygen atoms in total. The van der Waals surface area contributed by atoms with E-state index in [-0.39, 0.29) is 6.03 Å². The Morgan fingerprint density at radius 1 is 1.50 bits per heavy atom. The molecular formula is C8H15N3O3. The highest BCUT2D eigenvalue weighted by Gasteiger charge is 2.33. The van der Waals surface area contributed by atoms with Crippen LogP contribution in [0.2, 0.25) is 0 Å². The third-order valence-corrected chi connectivity index (χ3v) is 2.12. The second kappa shape index (κ2) is 4.28. The third kappa shape index (κ3) is 2.35. The lowest BCUT2D eigenvalue weighted by molar-refractivity contribution is -0.141. The van der Waals surface area contributed by atoms with E-state index in [0.717, 1.165) is 6.42 Å². The Morgan fingerprint density at radius 2 is 2.14 bits per heavy atom. The molecule has 1 saturated heterocycles. The summed E-state index contributed by atoms with van der Waals surface area (Å²) in [5.41, 5.74) is 2.53. The van der Waals surface area contributed by atoms with E-state index in [2.05, 4.69) is 5.43 Å². The van der Waals surface area contributed by atoms with E-state index in [4.69, 9.17) is 5.11 Å². The molecule has 0 aromatic rings. The smallest absolute Gasteiger partial charge is 0.332 e. The van der Waals surface area contributed by atoms with E-state index in [1.54, 1.807) is 14.1 Å². The number of hydrogen-bond donors (Lipinski definition) is 2. The second-order valence-electron chi connectivity index (χ2n) is 3.50. The zero-order chi connectivity index (χ0) is 10.7. The van der Waals surface area contributed by atoms with Gasteiger partial charge in [0.25, 0.3) is 0 Å². The van der Waals surface area contributed by atoms with Gasteiger partial charge < -0.3 is 10.0 Å². The Hall–Kier alpha value is -1.30. The third-order valence-electron chi connectivity index (χ3n) is 2.12. The molecule has 1 heterocycles. The number of rotatable bonds is 2. The van der Waals surface area contributed by atoms with Crippen LogP contribution in [0.3, 0.4) is 0 Å². The van der Waals surface area contributed by atoms with Gasteiger partial charge in [0, 0.05) is 20.6 Å². The molecular weight excluding hydrogens is 186 g/mol. The van der Waals surface area contributed by atoms with Crippen LogP contribution < -0.4 is 5.43 Å². The maximum Gasteiger partial charge on any atom is 0.332 e. The van der Waals surface area contributed by atoms with Crippen molar-refractivity contribution in [2.75, 3.05) is 20.6 Å². The predicted octanol–water partition coefficient (Wildman–Crippen LogP) is -0.278. The summed E-state index contributed by atoms with van der Waals surface area (Å²) in [6, 6.07) is -1.02. The van der Waals surface area contributed by atoms with Gasteiger partial charge >= 0.3 is 12.0 Å². The number of nitrogens with one attached hydrogen (secondary N) is 1. The first-order valence-electron chi connectivity index (χ1n) is 4.49. The summed E-state index contributed by atoms with van der Waals surface area (Å²) >= 11 is 0. The Morgan fingerprint density at radius 3 is 2.64 bits per heavy atom. The maximum atomic E-state index is 11.5. The molecule has 0 unspecified atom stereocenters. The summed E-state index contributed by atoms with van der Waals surface area (Å²) in [6.45, 7) is 0.511. The number of carboxylic acids is 1. The number of likely N-dealkylation sites (tertiary alicyclic amines) is 1. The Balaban J connectivity index is 2.58. The zero-order valence-corrected chi connectivity index (χ0v) is 8.36. The molecule has 14 heavy (non-hydrogen) atoms. The lowest BCUT2D eigenvalue weighted by Crippen LogP contribution is -2.49. The first-order chi connectivity index (χ1) is 6.52. The van der Waals surface area contributed by atoms with Crippen LogP contribution in [0.5, 0.6) is 0 Å². The highest BCUT2D eigenvalue weighted by Crippen LogP contribution is 2.17. The van der Waals surface area contributed by atoms with Crippen molar-refractivity contribution in [3.05, 3.63) is 0 Å². The maximum absolute atomic E-state index is 11.5. The predicted molar refractivity (Wildman–Crippen MR) is 49.6 cm³/mol. The van der Waals surface area contributed by atoms with Crippen molar-refractivity contribution in [2.45, 2.75) is 18.9 Å². The molecule has 1 fully saturated rings. The fourth-order valence-corrected chi connectivity index (χ4v) is 1.52. The van der Waals surface area contributed by atoms with Crippen molar-refractivity contribution in [2.24, 2.45) is 0 Å². The first-order valence-corrected chi connectivity index (χ1v) is 4.49. The van der Waals surface area contributed by atoms with Crippen molar-refractivity contribution >= 4 is 12.0 Å². The van der Waals surface area contributed by atoms with E-state index < -0.39 is 12.0 Å². The van der Waals surface area contributed by atoms with Crippen LogP contribution in [-0.2, 0) is 4.79 Å². The average Bonchev–Trinajstić information content (AvgIpc) is 2.49. The number of aliphatic carboxylic acids is 1. The zero-order valence-electron chi connectivity index (χ0n) is 8.36. The van der Waals surface area contributed by atoms with Crippen LogP contribution in [0.1, 0.15) is 12.8 Å². The van der Waals surface area contributed by atoms with E-state index in [1.165, 1.54) is 9.91 Å². The van der Waals surface area contributed by atoms with E-state index in [1.807, 2.05) is 0 Å². The Labute approximate surface area is 82.4 Å². The summed E-state index contributed by atoms with van der Waals surface area (Å²) in [4.78, 5) is 23.6. The van der Waals surface area contributed by atoms with Crippen LogP contribution in [-0.4, -0.2) is 53.7 Å². The van der Waals surface area contributed by atoms with Crippen molar-refractivity contribution in [1.82, 2.24) is 15.3 Å². The summed E-state index contributed by atoms with van der Waals surface area (Å²) < 4.78 is 0. The molecule has 0 bridgehead atoms. The largest absolute Gasteiger partial charge is 0.480 e. The molecule has 0 spiro atoms. The highest BCUT2D eigenvalue weighted by molar-refractivity contribution is 5.82. The van der Waals surface area contributed by atoms with Gasteiger partial charge in [-0.05, 0) is 12.8 Å². The van der Waals surface area contributed by atoms with Gasteiger partial charge in [-0.2, -0.15) is 0 Å². The number of carbonyl (C=O) groups is 2. The van der Waals surface area contributed by atoms with Gasteiger partial charge in [0.1, 0.15) is 6.04 Å². The second-order valence-corrected chi connectivity index (χ2v) is 3.50. The van der Waals surface area contributed by atoms with Gasteiger partial charge in [-0.15, -0.1) is 0 Å². The summed E-state index contributed by atoms with van der Waals surface area (Å²) in [5, 5.41) is 10.3. The monoisotopic (exact) mass is 201 g/mol. The number of urea groups is 1. The van der Waals surface area contributed by atoms with Gasteiger partial charge in [0.05, 0.1) is 0 Å². The van der Waals surface area contributed by atoms with E-state index >= 15 is 0 Å². The molecule has 0 radical (unpaired) electrons. The quantitative estimate of drug-likeness (QED) is 0.603. The molecule has 1 aliphatic heterocycles. The van der Waals surface area contributed by atoms with E-state index in [0.29, 0.717) is 13.0 Å². The standard InChI is InChI=1S/C8H15N3O3/c1-10(2)9-8(14)11-5-3-4-6(11)7(12)13/h6H,3-5H2,1-2H3,(H,9,14)(H,12,13)/t6-/m1/s1. The van der Waals surface area contributed by atoms with Crippen molar-refractivity contribution in [3.8, 4) is 0 Å². The minimum absolute atomic E-state index is 0.347. The van der Waals surface area contributed by atoms with Crippen LogP contribution in [0.15, 0.2) is 0 Å². The number of carbonyl (C=O) groups excluding carboxylic acids is 1. The van der Waals surface area contributed by atoms with Crippen LogP contribution >= 0.6 is 0 Å². The fraction of sp³-hybridized carbons (Fsp3) is 0.750. The summed E-state index contributed by atoms with van der Waals surface area (Å²) in [7, 11) is 3.37.